The molecule has 0 bridgehead atoms. The van der Waals surface area contributed by atoms with Crippen molar-refractivity contribution in [1.82, 2.24) is 9.88 Å². The normalized spacial score (nSPS) is 13.9. The number of amides is 1. The number of aryl methyl sites for hydroxylation is 1. The minimum absolute atomic E-state index is 0.0507. The van der Waals surface area contributed by atoms with Crippen molar-refractivity contribution >= 4 is 23.2 Å². The Morgan fingerprint density at radius 2 is 1.87 bits per heavy atom. The number of ether oxygens (including phenoxy) is 1. The van der Waals surface area contributed by atoms with Crippen LogP contribution in [0.25, 0.3) is 11.3 Å². The number of hydrogen-bond acceptors (Lipinski definition) is 5. The molecule has 1 fully saturated rings. The molecule has 7 heteroatoms. The topological polar surface area (TPSA) is 58.8 Å². The van der Waals surface area contributed by atoms with Crippen molar-refractivity contribution in [2.45, 2.75) is 19.4 Å². The van der Waals surface area contributed by atoms with Crippen molar-refractivity contribution in [3.63, 3.8) is 0 Å². The number of morpholine rings is 1. The van der Waals surface area contributed by atoms with Gasteiger partial charge < -0.3 is 19.0 Å². The van der Waals surface area contributed by atoms with Gasteiger partial charge in [0.15, 0.2) is 11.7 Å². The number of carbonyl (C=O) groups is 1. The highest BCUT2D eigenvalue weighted by molar-refractivity contribution is 6.33. The predicted octanol–water partition coefficient (Wildman–Crippen LogP) is 4.42. The molecule has 2 aromatic carbocycles. The minimum atomic E-state index is 0.0507. The molecule has 4 rings (SSSR count). The van der Waals surface area contributed by atoms with Crippen molar-refractivity contribution in [2.75, 3.05) is 38.3 Å². The van der Waals surface area contributed by atoms with Crippen molar-refractivity contribution in [3.05, 3.63) is 71.2 Å². The fourth-order valence-corrected chi connectivity index (χ4v) is 3.84. The zero-order valence-electron chi connectivity index (χ0n) is 17.6. The maximum absolute atomic E-state index is 12.6. The summed E-state index contributed by atoms with van der Waals surface area (Å²) in [5, 5.41) is 0.612. The summed E-state index contributed by atoms with van der Waals surface area (Å²) in [7, 11) is 1.82. The van der Waals surface area contributed by atoms with E-state index in [4.69, 9.17) is 20.8 Å². The average Bonchev–Trinajstić information content (AvgIpc) is 3.27. The fourth-order valence-electron chi connectivity index (χ4n) is 3.61. The van der Waals surface area contributed by atoms with E-state index in [9.17, 15) is 4.79 Å². The van der Waals surface area contributed by atoms with E-state index >= 15 is 0 Å². The SMILES string of the molecule is CN(Cc1ccc(N2CCOCC2)cc1)C(=O)CCc1ncc(-c2ccccc2Cl)o1. The van der Waals surface area contributed by atoms with Crippen molar-refractivity contribution < 1.29 is 13.9 Å². The number of rotatable bonds is 7. The van der Waals surface area contributed by atoms with Crippen LogP contribution in [0.1, 0.15) is 17.9 Å². The molecule has 2 heterocycles. The van der Waals surface area contributed by atoms with Gasteiger partial charge in [-0.05, 0) is 29.8 Å². The van der Waals surface area contributed by atoms with Gasteiger partial charge in [0, 0.05) is 50.8 Å². The molecule has 162 valence electrons. The molecule has 1 amide bonds. The van der Waals surface area contributed by atoms with Gasteiger partial charge in [-0.2, -0.15) is 0 Å². The Morgan fingerprint density at radius 3 is 2.61 bits per heavy atom. The largest absolute Gasteiger partial charge is 0.441 e. The first-order valence-corrected chi connectivity index (χ1v) is 10.8. The van der Waals surface area contributed by atoms with Gasteiger partial charge in [-0.25, -0.2) is 4.98 Å². The highest BCUT2D eigenvalue weighted by atomic mass is 35.5. The number of oxazole rings is 1. The van der Waals surface area contributed by atoms with Gasteiger partial charge in [-0.3, -0.25) is 4.79 Å². The summed E-state index contributed by atoms with van der Waals surface area (Å²) >= 11 is 6.21. The summed E-state index contributed by atoms with van der Waals surface area (Å²) in [5.74, 6) is 1.20. The first-order valence-electron chi connectivity index (χ1n) is 10.5. The van der Waals surface area contributed by atoms with Crippen LogP contribution in [-0.4, -0.2) is 49.1 Å². The third-order valence-corrected chi connectivity index (χ3v) is 5.73. The molecule has 0 saturated carbocycles. The molecule has 0 spiro atoms. The van der Waals surface area contributed by atoms with E-state index < -0.39 is 0 Å². The zero-order valence-corrected chi connectivity index (χ0v) is 18.3. The van der Waals surface area contributed by atoms with Crippen molar-refractivity contribution in [3.8, 4) is 11.3 Å². The number of benzene rings is 2. The van der Waals surface area contributed by atoms with Gasteiger partial charge in [0.1, 0.15) is 0 Å². The minimum Gasteiger partial charge on any atom is -0.441 e. The standard InChI is InChI=1S/C24H26ClN3O3/c1-27(17-18-6-8-19(9-7-18)28-12-14-30-15-13-28)24(29)11-10-23-26-16-22(31-23)20-4-2-3-5-21(20)25/h2-9,16H,10-15,17H2,1H3. The first-order chi connectivity index (χ1) is 15.1. The maximum atomic E-state index is 12.6. The Kier molecular flexibility index (Phi) is 6.89. The Hall–Kier alpha value is -2.83. The van der Waals surface area contributed by atoms with Crippen molar-refractivity contribution in [2.24, 2.45) is 0 Å². The molecule has 0 aliphatic carbocycles. The highest BCUT2D eigenvalue weighted by Gasteiger charge is 2.15. The summed E-state index contributed by atoms with van der Waals surface area (Å²) in [4.78, 5) is 20.9. The molecule has 31 heavy (non-hydrogen) atoms. The van der Waals surface area contributed by atoms with Crippen LogP contribution < -0.4 is 4.90 Å². The van der Waals surface area contributed by atoms with E-state index in [1.54, 1.807) is 11.1 Å². The molecule has 6 nitrogen and oxygen atoms in total. The molecular weight excluding hydrogens is 414 g/mol. The van der Waals surface area contributed by atoms with Gasteiger partial charge >= 0.3 is 0 Å². The quantitative estimate of drug-likeness (QED) is 0.545. The zero-order chi connectivity index (χ0) is 21.6. The number of halogens is 1. The highest BCUT2D eigenvalue weighted by Crippen LogP contribution is 2.28. The summed E-state index contributed by atoms with van der Waals surface area (Å²) in [6.45, 7) is 3.93. The van der Waals surface area contributed by atoms with E-state index in [2.05, 4.69) is 34.1 Å². The molecule has 1 aliphatic rings. The lowest BCUT2D eigenvalue weighted by Crippen LogP contribution is -2.36. The number of anilines is 1. The third-order valence-electron chi connectivity index (χ3n) is 5.40. The Morgan fingerprint density at radius 1 is 1.13 bits per heavy atom. The van der Waals surface area contributed by atoms with Gasteiger partial charge in [-0.1, -0.05) is 35.9 Å². The summed E-state index contributed by atoms with van der Waals surface area (Å²) < 4.78 is 11.2. The molecule has 0 unspecified atom stereocenters. The van der Waals surface area contributed by atoms with Crippen LogP contribution in [-0.2, 0) is 22.5 Å². The number of nitrogens with zero attached hydrogens (tertiary/aromatic N) is 3. The fraction of sp³-hybridized carbons (Fsp3) is 0.333. The molecule has 1 saturated heterocycles. The molecule has 1 aliphatic heterocycles. The molecular formula is C24H26ClN3O3. The summed E-state index contributed by atoms with van der Waals surface area (Å²) in [6, 6.07) is 15.9. The van der Waals surface area contributed by atoms with Gasteiger partial charge in [0.2, 0.25) is 5.91 Å². The van der Waals surface area contributed by atoms with Gasteiger partial charge in [0.05, 0.1) is 24.4 Å². The Balaban J connectivity index is 1.28. The predicted molar refractivity (Wildman–Crippen MR) is 121 cm³/mol. The number of carbonyl (C=O) groups excluding carboxylic acids is 1. The molecule has 0 radical (unpaired) electrons. The van der Waals surface area contributed by atoms with Crippen LogP contribution in [0.5, 0.6) is 0 Å². The van der Waals surface area contributed by atoms with Crippen LogP contribution in [0.15, 0.2) is 59.1 Å². The molecule has 0 atom stereocenters. The van der Waals surface area contributed by atoms with Gasteiger partial charge in [0.25, 0.3) is 0 Å². The van der Waals surface area contributed by atoms with E-state index in [0.717, 1.165) is 37.4 Å². The Bertz CT molecular complexity index is 1010. The molecule has 3 aromatic rings. The lowest BCUT2D eigenvalue weighted by atomic mass is 10.1. The summed E-state index contributed by atoms with van der Waals surface area (Å²) in [6.07, 6.45) is 2.44. The third kappa shape index (κ3) is 5.46. The number of hydrogen-bond donors (Lipinski definition) is 0. The van der Waals surface area contributed by atoms with Crippen LogP contribution in [0, 0.1) is 0 Å². The molecule has 1 aromatic heterocycles. The van der Waals surface area contributed by atoms with Crippen LogP contribution in [0.4, 0.5) is 5.69 Å². The van der Waals surface area contributed by atoms with Crippen molar-refractivity contribution in [1.29, 1.82) is 0 Å². The van der Waals surface area contributed by atoms with E-state index in [0.29, 0.717) is 36.1 Å². The smallest absolute Gasteiger partial charge is 0.223 e. The summed E-state index contributed by atoms with van der Waals surface area (Å²) in [5.41, 5.74) is 3.09. The van der Waals surface area contributed by atoms with Crippen LogP contribution in [0.3, 0.4) is 0 Å². The van der Waals surface area contributed by atoms with E-state index in [-0.39, 0.29) is 5.91 Å². The van der Waals surface area contributed by atoms with Crippen LogP contribution in [0.2, 0.25) is 5.02 Å². The monoisotopic (exact) mass is 439 g/mol. The second-order valence-corrected chi connectivity index (χ2v) is 8.02. The Labute approximate surface area is 187 Å². The van der Waals surface area contributed by atoms with E-state index in [1.165, 1.54) is 5.69 Å². The van der Waals surface area contributed by atoms with Crippen LogP contribution >= 0.6 is 11.6 Å². The molecule has 0 N–H and O–H groups in total. The lowest BCUT2D eigenvalue weighted by molar-refractivity contribution is -0.130. The second-order valence-electron chi connectivity index (χ2n) is 7.61. The second kappa shape index (κ2) is 9.98. The maximum Gasteiger partial charge on any atom is 0.223 e. The first kappa shape index (κ1) is 21.4. The van der Waals surface area contributed by atoms with Gasteiger partial charge in [-0.15, -0.1) is 0 Å². The van der Waals surface area contributed by atoms with E-state index in [1.807, 2.05) is 31.3 Å². The average molecular weight is 440 g/mol. The lowest BCUT2D eigenvalue weighted by Gasteiger charge is -2.29. The number of aromatic nitrogens is 1.